The van der Waals surface area contributed by atoms with Gasteiger partial charge in [0.1, 0.15) is 11.6 Å². The zero-order valence-corrected chi connectivity index (χ0v) is 14.5. The molecule has 0 fully saturated rings. The summed E-state index contributed by atoms with van der Waals surface area (Å²) >= 11 is 0. The first-order chi connectivity index (χ1) is 12.6. The summed E-state index contributed by atoms with van der Waals surface area (Å²) in [6.07, 6.45) is 1.86. The summed E-state index contributed by atoms with van der Waals surface area (Å²) in [6.45, 7) is 2.77. The lowest BCUT2D eigenvalue weighted by atomic mass is 10.1. The van der Waals surface area contributed by atoms with Crippen LogP contribution in [0.4, 0.5) is 15.9 Å². The fourth-order valence-corrected chi connectivity index (χ4v) is 2.57. The van der Waals surface area contributed by atoms with Crippen molar-refractivity contribution < 1.29 is 9.18 Å². The quantitative estimate of drug-likeness (QED) is 0.697. The Balaban J connectivity index is 1.52. The van der Waals surface area contributed by atoms with E-state index in [1.807, 2.05) is 12.1 Å². The van der Waals surface area contributed by atoms with E-state index in [1.165, 1.54) is 23.3 Å². The molecule has 0 bridgehead atoms. The van der Waals surface area contributed by atoms with Gasteiger partial charge in [-0.3, -0.25) is 4.79 Å². The predicted molar refractivity (Wildman–Crippen MR) is 101 cm³/mol. The highest BCUT2D eigenvalue weighted by atomic mass is 19.1. The van der Waals surface area contributed by atoms with Crippen LogP contribution in [-0.4, -0.2) is 10.9 Å². The van der Waals surface area contributed by atoms with E-state index in [9.17, 15) is 9.18 Å². The van der Waals surface area contributed by atoms with Gasteiger partial charge >= 0.3 is 0 Å². The molecule has 1 aromatic heterocycles. The molecule has 1 heterocycles. The fraction of sp³-hybridized carbons (Fsp3) is 0.143. The summed E-state index contributed by atoms with van der Waals surface area (Å²) in [5.74, 6) is -0.0210. The van der Waals surface area contributed by atoms with Gasteiger partial charge in [-0.05, 0) is 42.3 Å². The summed E-state index contributed by atoms with van der Waals surface area (Å²) in [5, 5.41) is 6.05. The van der Waals surface area contributed by atoms with Gasteiger partial charge in [0.25, 0.3) is 0 Å². The summed E-state index contributed by atoms with van der Waals surface area (Å²) in [4.78, 5) is 16.3. The molecule has 0 aliphatic heterocycles. The molecule has 1 amide bonds. The summed E-state index contributed by atoms with van der Waals surface area (Å²) in [5.41, 5.74) is 4.05. The minimum absolute atomic E-state index is 0.176. The molecule has 0 saturated carbocycles. The Bertz CT molecular complexity index is 877. The van der Waals surface area contributed by atoms with Crippen molar-refractivity contribution in [2.24, 2.45) is 0 Å². The number of anilines is 2. The number of nitrogens with one attached hydrogen (secondary N) is 2. The highest BCUT2D eigenvalue weighted by Crippen LogP contribution is 2.13. The number of rotatable bonds is 6. The molecule has 0 atom stereocenters. The van der Waals surface area contributed by atoms with Crippen molar-refractivity contribution >= 4 is 17.4 Å². The number of carbonyl (C=O) groups is 1. The number of hydrogen-bond donors (Lipinski definition) is 2. The van der Waals surface area contributed by atoms with Gasteiger partial charge < -0.3 is 10.6 Å². The second kappa shape index (κ2) is 8.25. The number of nitrogens with zero attached hydrogens (tertiary/aromatic N) is 1. The Hall–Kier alpha value is -3.21. The van der Waals surface area contributed by atoms with Gasteiger partial charge in [0.15, 0.2) is 0 Å². The van der Waals surface area contributed by atoms with Crippen molar-refractivity contribution in [1.82, 2.24) is 4.98 Å². The molecule has 3 rings (SSSR count). The zero-order chi connectivity index (χ0) is 18.4. The Morgan fingerprint density at radius 1 is 1.04 bits per heavy atom. The molecule has 26 heavy (non-hydrogen) atoms. The Labute approximate surface area is 152 Å². The first-order valence-electron chi connectivity index (χ1n) is 8.38. The van der Waals surface area contributed by atoms with Crippen molar-refractivity contribution in [3.63, 3.8) is 0 Å². The molecule has 4 nitrogen and oxygen atoms in total. The fourth-order valence-electron chi connectivity index (χ4n) is 2.57. The molecule has 2 N–H and O–H groups in total. The number of aromatic nitrogens is 1. The lowest BCUT2D eigenvalue weighted by Crippen LogP contribution is -2.15. The molecule has 0 saturated heterocycles. The third kappa shape index (κ3) is 5.14. The maximum atomic E-state index is 12.9. The van der Waals surface area contributed by atoms with Crippen molar-refractivity contribution in [2.75, 3.05) is 10.6 Å². The van der Waals surface area contributed by atoms with Crippen LogP contribution in [-0.2, 0) is 17.8 Å². The number of hydrogen-bond acceptors (Lipinski definition) is 3. The van der Waals surface area contributed by atoms with E-state index in [1.54, 1.807) is 24.4 Å². The van der Waals surface area contributed by atoms with Crippen molar-refractivity contribution in [3.8, 4) is 0 Å². The molecular formula is C21H20FN3O. The Morgan fingerprint density at radius 3 is 2.54 bits per heavy atom. The average molecular weight is 349 g/mol. The summed E-state index contributed by atoms with van der Waals surface area (Å²) in [6, 6.07) is 17.8. The van der Waals surface area contributed by atoms with Crippen LogP contribution in [0.2, 0.25) is 0 Å². The molecule has 0 spiro atoms. The monoisotopic (exact) mass is 349 g/mol. The number of benzene rings is 2. The second-order valence-electron chi connectivity index (χ2n) is 6.13. The topological polar surface area (TPSA) is 54.0 Å². The lowest BCUT2D eigenvalue weighted by Gasteiger charge is -2.09. The zero-order valence-electron chi connectivity index (χ0n) is 14.5. The molecule has 0 unspecified atom stereocenters. The third-order valence-corrected chi connectivity index (χ3v) is 3.89. The van der Waals surface area contributed by atoms with Gasteiger partial charge in [-0.2, -0.15) is 0 Å². The number of carbonyl (C=O) groups excluding carboxylic acids is 1. The van der Waals surface area contributed by atoms with E-state index in [0.717, 1.165) is 11.3 Å². The maximum absolute atomic E-state index is 12.9. The van der Waals surface area contributed by atoms with Gasteiger partial charge in [0.05, 0.1) is 18.3 Å². The molecule has 0 aliphatic carbocycles. The van der Waals surface area contributed by atoms with Crippen LogP contribution in [0.1, 0.15) is 16.7 Å². The molecule has 0 radical (unpaired) electrons. The number of amides is 1. The standard InChI is InChI=1S/C21H20FN3O/c1-15-3-2-4-17(11-15)13-23-19-9-10-20(24-14-19)25-21(26)12-16-5-7-18(22)8-6-16/h2-11,14,23H,12-13H2,1H3,(H,24,25,26). The van der Waals surface area contributed by atoms with Gasteiger partial charge in [-0.15, -0.1) is 0 Å². The SMILES string of the molecule is Cc1cccc(CNc2ccc(NC(=O)Cc3ccc(F)cc3)nc2)c1. The Kier molecular flexibility index (Phi) is 5.59. The lowest BCUT2D eigenvalue weighted by molar-refractivity contribution is -0.115. The second-order valence-corrected chi connectivity index (χ2v) is 6.13. The minimum atomic E-state index is -0.315. The van der Waals surface area contributed by atoms with Crippen molar-refractivity contribution in [2.45, 2.75) is 19.9 Å². The van der Waals surface area contributed by atoms with Gasteiger partial charge in [0, 0.05) is 6.54 Å². The van der Waals surface area contributed by atoms with E-state index in [4.69, 9.17) is 0 Å². The summed E-state index contributed by atoms with van der Waals surface area (Å²) < 4.78 is 12.9. The highest BCUT2D eigenvalue weighted by Gasteiger charge is 2.05. The van der Waals surface area contributed by atoms with Crippen LogP contribution in [0.15, 0.2) is 66.9 Å². The van der Waals surface area contributed by atoms with Gasteiger partial charge in [-0.25, -0.2) is 9.37 Å². The van der Waals surface area contributed by atoms with E-state index in [0.29, 0.717) is 12.4 Å². The minimum Gasteiger partial charge on any atom is -0.380 e. The van der Waals surface area contributed by atoms with Crippen molar-refractivity contribution in [1.29, 1.82) is 0 Å². The molecule has 2 aromatic carbocycles. The maximum Gasteiger partial charge on any atom is 0.229 e. The van der Waals surface area contributed by atoms with E-state index >= 15 is 0 Å². The van der Waals surface area contributed by atoms with E-state index < -0.39 is 0 Å². The normalized spacial score (nSPS) is 10.4. The molecular weight excluding hydrogens is 329 g/mol. The van der Waals surface area contributed by atoms with Crippen LogP contribution in [0, 0.1) is 12.7 Å². The van der Waals surface area contributed by atoms with E-state index in [2.05, 4.69) is 40.7 Å². The summed E-state index contributed by atoms with van der Waals surface area (Å²) in [7, 11) is 0. The van der Waals surface area contributed by atoms with E-state index in [-0.39, 0.29) is 18.1 Å². The smallest absolute Gasteiger partial charge is 0.229 e. The highest BCUT2D eigenvalue weighted by molar-refractivity contribution is 5.91. The first-order valence-corrected chi connectivity index (χ1v) is 8.38. The molecule has 132 valence electrons. The van der Waals surface area contributed by atoms with Gasteiger partial charge in [0.2, 0.25) is 5.91 Å². The number of halogens is 1. The van der Waals surface area contributed by atoms with Gasteiger partial charge in [-0.1, -0.05) is 42.0 Å². The molecule has 3 aromatic rings. The largest absolute Gasteiger partial charge is 0.380 e. The van der Waals surface area contributed by atoms with Crippen molar-refractivity contribution in [3.05, 3.63) is 89.4 Å². The van der Waals surface area contributed by atoms with Crippen LogP contribution in [0.25, 0.3) is 0 Å². The van der Waals surface area contributed by atoms with Crippen LogP contribution < -0.4 is 10.6 Å². The molecule has 5 heteroatoms. The third-order valence-electron chi connectivity index (χ3n) is 3.89. The average Bonchev–Trinajstić information content (AvgIpc) is 2.63. The Morgan fingerprint density at radius 2 is 1.85 bits per heavy atom. The van der Waals surface area contributed by atoms with Crippen LogP contribution >= 0.6 is 0 Å². The molecule has 0 aliphatic rings. The van der Waals surface area contributed by atoms with Crippen LogP contribution in [0.5, 0.6) is 0 Å². The predicted octanol–water partition coefficient (Wildman–Crippen LogP) is 4.32. The van der Waals surface area contributed by atoms with Crippen LogP contribution in [0.3, 0.4) is 0 Å². The first kappa shape index (κ1) is 17.6. The number of aryl methyl sites for hydroxylation is 1. The number of pyridine rings is 1.